The molecule has 0 saturated heterocycles. The summed E-state index contributed by atoms with van der Waals surface area (Å²) >= 11 is 7.41. The first-order valence-electron chi connectivity index (χ1n) is 12.1. The van der Waals surface area contributed by atoms with Gasteiger partial charge < -0.3 is 14.0 Å². The van der Waals surface area contributed by atoms with Crippen LogP contribution in [0.3, 0.4) is 0 Å². The van der Waals surface area contributed by atoms with Crippen LogP contribution in [0, 0.1) is 0 Å². The number of aromatic nitrogens is 2. The zero-order valence-corrected chi connectivity index (χ0v) is 23.9. The molecule has 10 heteroatoms. The van der Waals surface area contributed by atoms with E-state index in [4.69, 9.17) is 26.1 Å². The van der Waals surface area contributed by atoms with Crippen molar-refractivity contribution < 1.29 is 17.9 Å². The van der Waals surface area contributed by atoms with Gasteiger partial charge in [0.05, 0.1) is 30.5 Å². The third kappa shape index (κ3) is 6.53. The van der Waals surface area contributed by atoms with E-state index in [-0.39, 0.29) is 11.4 Å². The predicted molar refractivity (Wildman–Crippen MR) is 154 cm³/mol. The molecule has 4 rings (SSSR count). The van der Waals surface area contributed by atoms with Crippen molar-refractivity contribution in [3.05, 3.63) is 77.8 Å². The van der Waals surface area contributed by atoms with E-state index in [1.807, 2.05) is 48.5 Å². The third-order valence-electron chi connectivity index (χ3n) is 5.86. The van der Waals surface area contributed by atoms with Crippen molar-refractivity contribution in [3.8, 4) is 34.0 Å². The van der Waals surface area contributed by atoms with Gasteiger partial charge in [0, 0.05) is 35.0 Å². The smallest absolute Gasteiger partial charge is 0.240 e. The molecule has 0 atom stereocenters. The largest absolute Gasteiger partial charge is 0.497 e. The number of methoxy groups -OCH3 is 2. The fraction of sp³-hybridized carbons (Fsp3) is 0.250. The number of nitrogens with one attached hydrogen (secondary N) is 1. The highest BCUT2D eigenvalue weighted by molar-refractivity contribution is 7.99. The van der Waals surface area contributed by atoms with Gasteiger partial charge in [0.25, 0.3) is 0 Å². The van der Waals surface area contributed by atoms with Gasteiger partial charge in [-0.3, -0.25) is 0 Å². The number of halogens is 1. The van der Waals surface area contributed by atoms with Crippen LogP contribution in [-0.4, -0.2) is 44.5 Å². The Morgan fingerprint density at radius 1 is 0.895 bits per heavy atom. The molecule has 0 unspecified atom stereocenters. The number of hydrogen-bond donors (Lipinski definition) is 1. The molecule has 0 aliphatic rings. The fourth-order valence-electron chi connectivity index (χ4n) is 3.98. The number of sulfonamides is 1. The van der Waals surface area contributed by atoms with Gasteiger partial charge in [-0.25, -0.2) is 18.1 Å². The average Bonchev–Trinajstić information content (AvgIpc) is 3.29. The van der Waals surface area contributed by atoms with Crippen LogP contribution in [0.25, 0.3) is 22.5 Å². The first-order valence-corrected chi connectivity index (χ1v) is 15.0. The first-order chi connectivity index (χ1) is 18.4. The summed E-state index contributed by atoms with van der Waals surface area (Å²) in [6.45, 7) is 3.15. The topological polar surface area (TPSA) is 82.5 Å². The highest BCUT2D eigenvalue weighted by Gasteiger charge is 2.21. The van der Waals surface area contributed by atoms with Crippen LogP contribution < -0.4 is 14.2 Å². The monoisotopic (exact) mass is 571 g/mol. The molecule has 4 aromatic rings. The van der Waals surface area contributed by atoms with E-state index in [2.05, 4.69) is 16.2 Å². The lowest BCUT2D eigenvalue weighted by molar-refractivity contribution is 0.414. The molecule has 0 radical (unpaired) electrons. The van der Waals surface area contributed by atoms with E-state index in [1.54, 1.807) is 26.4 Å². The van der Waals surface area contributed by atoms with Crippen molar-refractivity contribution in [2.24, 2.45) is 0 Å². The molecule has 3 aromatic carbocycles. The van der Waals surface area contributed by atoms with Gasteiger partial charge in [-0.2, -0.15) is 0 Å². The zero-order valence-electron chi connectivity index (χ0n) is 21.5. The summed E-state index contributed by atoms with van der Waals surface area (Å²) in [7, 11) is -0.337. The molecule has 0 aliphatic carbocycles. The summed E-state index contributed by atoms with van der Waals surface area (Å²) in [5.74, 6) is 2.07. The number of benzene rings is 3. The van der Waals surface area contributed by atoms with Crippen molar-refractivity contribution in [1.82, 2.24) is 14.3 Å². The lowest BCUT2D eigenvalue weighted by Crippen LogP contribution is -2.26. The van der Waals surface area contributed by atoms with E-state index in [0.29, 0.717) is 10.8 Å². The Morgan fingerprint density at radius 2 is 1.47 bits per heavy atom. The molecule has 200 valence electrons. The second kappa shape index (κ2) is 12.7. The number of imidazole rings is 1. The maximum Gasteiger partial charge on any atom is 0.240 e. The third-order valence-corrected chi connectivity index (χ3v) is 8.56. The Kier molecular flexibility index (Phi) is 9.38. The molecule has 0 amide bonds. The van der Waals surface area contributed by atoms with Crippen molar-refractivity contribution >= 4 is 33.4 Å². The number of ether oxygens (including phenoxy) is 2. The van der Waals surface area contributed by atoms with Gasteiger partial charge >= 0.3 is 0 Å². The molecule has 7 nitrogen and oxygen atoms in total. The van der Waals surface area contributed by atoms with Crippen molar-refractivity contribution in [2.75, 3.05) is 26.5 Å². The maximum atomic E-state index is 12.7. The second-order valence-electron chi connectivity index (χ2n) is 8.40. The number of thioether (sulfide) groups is 1. The molecule has 0 spiro atoms. The van der Waals surface area contributed by atoms with E-state index >= 15 is 0 Å². The Labute approximate surface area is 233 Å². The molecule has 0 aliphatic heterocycles. The van der Waals surface area contributed by atoms with Crippen molar-refractivity contribution in [2.45, 2.75) is 29.9 Å². The van der Waals surface area contributed by atoms with Crippen LogP contribution in [0.2, 0.25) is 5.02 Å². The van der Waals surface area contributed by atoms with Gasteiger partial charge in [-0.1, -0.05) is 30.3 Å². The van der Waals surface area contributed by atoms with Gasteiger partial charge in [0.1, 0.15) is 11.5 Å². The lowest BCUT2D eigenvalue weighted by atomic mass is 10.0. The molecule has 1 N–H and O–H groups in total. The minimum atomic E-state index is -3.63. The fourth-order valence-corrected chi connectivity index (χ4v) is 6.15. The van der Waals surface area contributed by atoms with Crippen LogP contribution >= 0.6 is 23.4 Å². The highest BCUT2D eigenvalue weighted by atomic mass is 35.5. The normalized spacial score (nSPS) is 11.5. The molecular formula is C28H30ClN3O4S2. The molecule has 0 saturated carbocycles. The average molecular weight is 572 g/mol. The van der Waals surface area contributed by atoms with Gasteiger partial charge in [0.2, 0.25) is 10.0 Å². The van der Waals surface area contributed by atoms with Crippen LogP contribution in [0.15, 0.2) is 82.8 Å². The number of nitrogens with zero attached hydrogens (tertiary/aromatic N) is 2. The summed E-state index contributed by atoms with van der Waals surface area (Å²) in [6.07, 6.45) is 0.915. The van der Waals surface area contributed by atoms with E-state index in [9.17, 15) is 8.42 Å². The maximum absolute atomic E-state index is 12.7. The van der Waals surface area contributed by atoms with Crippen molar-refractivity contribution in [1.29, 1.82) is 0 Å². The molecule has 1 aromatic heterocycles. The molecule has 38 heavy (non-hydrogen) atoms. The second-order valence-corrected chi connectivity index (χ2v) is 11.7. The molecule has 0 bridgehead atoms. The molecule has 0 fully saturated rings. The van der Waals surface area contributed by atoms with E-state index in [0.717, 1.165) is 52.1 Å². The minimum Gasteiger partial charge on any atom is -0.497 e. The van der Waals surface area contributed by atoms with Crippen LogP contribution in [-0.2, 0) is 16.6 Å². The summed E-state index contributed by atoms with van der Waals surface area (Å²) in [5, 5.41) is 1.32. The first kappa shape index (κ1) is 28.0. The van der Waals surface area contributed by atoms with E-state index in [1.165, 1.54) is 23.9 Å². The Bertz CT molecular complexity index is 1450. The van der Waals surface area contributed by atoms with Gasteiger partial charge in [0.15, 0.2) is 5.16 Å². The Morgan fingerprint density at radius 3 is 2.03 bits per heavy atom. The van der Waals surface area contributed by atoms with E-state index < -0.39 is 10.0 Å². The quantitative estimate of drug-likeness (QED) is 0.157. The number of rotatable bonds is 12. The summed E-state index contributed by atoms with van der Waals surface area (Å²) in [4.78, 5) is 5.22. The zero-order chi connectivity index (χ0) is 27.1. The van der Waals surface area contributed by atoms with Crippen molar-refractivity contribution in [3.63, 3.8) is 0 Å². The SMILES string of the molecule is CCCn1c(SCCNS(=O)(=O)c2ccc(Cl)cc2)nc(-c2ccc(OC)cc2)c1-c1ccc(OC)cc1. The Hall–Kier alpha value is -2.98. The standard InChI is InChI=1S/C28H30ClN3O4S2/c1-4-18-32-27(21-7-13-24(36-3)14-8-21)26(20-5-11-23(35-2)12-6-20)31-28(32)37-19-17-30-38(33,34)25-15-9-22(29)10-16-25/h5-16,30H,4,17-19H2,1-3H3. The lowest BCUT2D eigenvalue weighted by Gasteiger charge is -2.13. The van der Waals surface area contributed by atoms with Gasteiger partial charge in [-0.05, 0) is 79.2 Å². The highest BCUT2D eigenvalue weighted by Crippen LogP contribution is 2.37. The number of hydrogen-bond acceptors (Lipinski definition) is 6. The molecular weight excluding hydrogens is 542 g/mol. The predicted octanol–water partition coefficient (Wildman–Crippen LogP) is 6.37. The van der Waals surface area contributed by atoms with Crippen LogP contribution in [0.5, 0.6) is 11.5 Å². The summed E-state index contributed by atoms with van der Waals surface area (Å²) in [6, 6.07) is 21.9. The Balaban J connectivity index is 1.63. The van der Waals surface area contributed by atoms with Gasteiger partial charge in [-0.15, -0.1) is 0 Å². The van der Waals surface area contributed by atoms with Crippen LogP contribution in [0.1, 0.15) is 13.3 Å². The summed E-state index contributed by atoms with van der Waals surface area (Å²) in [5.41, 5.74) is 3.85. The van der Waals surface area contributed by atoms with Crippen LogP contribution in [0.4, 0.5) is 0 Å². The molecule has 1 heterocycles. The summed E-state index contributed by atoms with van der Waals surface area (Å²) < 4.78 is 40.9. The minimum absolute atomic E-state index is 0.183.